The van der Waals surface area contributed by atoms with E-state index in [-0.39, 0.29) is 0 Å². The van der Waals surface area contributed by atoms with E-state index >= 15 is 0 Å². The predicted molar refractivity (Wildman–Crippen MR) is 114 cm³/mol. The molecular weight excluding hydrogens is 362 g/mol. The molecule has 2 aromatic carbocycles. The fourth-order valence-electron chi connectivity index (χ4n) is 3.81. The highest BCUT2D eigenvalue weighted by atomic mass is 16.5. The Morgan fingerprint density at radius 3 is 2.41 bits per heavy atom. The molecule has 0 fully saturated rings. The second-order valence-corrected chi connectivity index (χ2v) is 7.23. The summed E-state index contributed by atoms with van der Waals surface area (Å²) < 4.78 is 9.42. The molecule has 3 heterocycles. The van der Waals surface area contributed by atoms with E-state index in [2.05, 4.69) is 54.7 Å². The molecule has 0 saturated carbocycles. The van der Waals surface area contributed by atoms with E-state index in [4.69, 9.17) is 14.7 Å². The van der Waals surface area contributed by atoms with E-state index in [1.54, 1.807) is 18.0 Å². The molecule has 144 valence electrons. The van der Waals surface area contributed by atoms with Gasteiger partial charge in [0.05, 0.1) is 18.1 Å². The van der Waals surface area contributed by atoms with Crippen LogP contribution in [0.1, 0.15) is 16.8 Å². The number of aryl methyl sites for hydroxylation is 2. The Bertz CT molecular complexity index is 1360. The van der Waals surface area contributed by atoms with Crippen molar-refractivity contribution < 1.29 is 4.74 Å². The lowest BCUT2D eigenvalue weighted by molar-refractivity contribution is 0.416. The SMILES string of the molecule is COc1ccccc1-c1nc2c3c(C)c(C)n(-c4ccc(C)cc4)c3ncn2n1. The Kier molecular flexibility index (Phi) is 3.87. The highest BCUT2D eigenvalue weighted by Crippen LogP contribution is 2.32. The third-order valence-electron chi connectivity index (χ3n) is 5.47. The van der Waals surface area contributed by atoms with Crippen molar-refractivity contribution in [1.29, 1.82) is 0 Å². The number of hydrogen-bond donors (Lipinski definition) is 0. The molecule has 6 nitrogen and oxygen atoms in total. The number of nitrogens with zero attached hydrogens (tertiary/aromatic N) is 5. The maximum absolute atomic E-state index is 5.49. The van der Waals surface area contributed by atoms with Crippen LogP contribution in [-0.4, -0.2) is 31.3 Å². The molecule has 5 rings (SSSR count). The Hall–Kier alpha value is -3.67. The average molecular weight is 383 g/mol. The molecule has 0 atom stereocenters. The molecule has 29 heavy (non-hydrogen) atoms. The first-order valence-electron chi connectivity index (χ1n) is 9.52. The number of ether oxygens (including phenoxy) is 1. The minimum absolute atomic E-state index is 0.622. The number of hydrogen-bond acceptors (Lipinski definition) is 4. The lowest BCUT2D eigenvalue weighted by Gasteiger charge is -2.08. The molecule has 0 radical (unpaired) electrons. The number of aromatic nitrogens is 5. The molecule has 0 N–H and O–H groups in total. The van der Waals surface area contributed by atoms with Gasteiger partial charge in [0.1, 0.15) is 12.1 Å². The molecule has 0 saturated heterocycles. The van der Waals surface area contributed by atoms with Crippen LogP contribution in [0.2, 0.25) is 0 Å². The first kappa shape index (κ1) is 17.4. The van der Waals surface area contributed by atoms with Crippen molar-refractivity contribution >= 4 is 16.7 Å². The Morgan fingerprint density at radius 1 is 0.897 bits per heavy atom. The van der Waals surface area contributed by atoms with Crippen LogP contribution >= 0.6 is 0 Å². The third kappa shape index (κ3) is 2.60. The summed E-state index contributed by atoms with van der Waals surface area (Å²) in [7, 11) is 1.66. The second-order valence-electron chi connectivity index (χ2n) is 7.23. The van der Waals surface area contributed by atoms with Crippen molar-refractivity contribution in [2.45, 2.75) is 20.8 Å². The summed E-state index contributed by atoms with van der Waals surface area (Å²) in [6.45, 7) is 6.32. The van der Waals surface area contributed by atoms with Gasteiger partial charge >= 0.3 is 0 Å². The van der Waals surface area contributed by atoms with Crippen LogP contribution in [-0.2, 0) is 0 Å². The fraction of sp³-hybridized carbons (Fsp3) is 0.174. The lowest BCUT2D eigenvalue weighted by Crippen LogP contribution is -1.99. The van der Waals surface area contributed by atoms with Crippen LogP contribution in [0, 0.1) is 20.8 Å². The highest BCUT2D eigenvalue weighted by molar-refractivity contribution is 5.95. The zero-order valence-electron chi connectivity index (χ0n) is 16.8. The van der Waals surface area contributed by atoms with Gasteiger partial charge in [-0.2, -0.15) is 0 Å². The van der Waals surface area contributed by atoms with Crippen LogP contribution in [0.3, 0.4) is 0 Å². The van der Waals surface area contributed by atoms with E-state index in [1.807, 2.05) is 24.3 Å². The quantitative estimate of drug-likeness (QED) is 0.454. The maximum atomic E-state index is 5.49. The highest BCUT2D eigenvalue weighted by Gasteiger charge is 2.20. The van der Waals surface area contributed by atoms with Crippen molar-refractivity contribution in [2.75, 3.05) is 7.11 Å². The molecule has 0 aliphatic rings. The van der Waals surface area contributed by atoms with Crippen LogP contribution in [0.5, 0.6) is 5.75 Å². The minimum atomic E-state index is 0.622. The fourth-order valence-corrected chi connectivity index (χ4v) is 3.81. The van der Waals surface area contributed by atoms with Crippen molar-refractivity contribution in [2.24, 2.45) is 0 Å². The monoisotopic (exact) mass is 383 g/mol. The van der Waals surface area contributed by atoms with Gasteiger partial charge in [0.15, 0.2) is 17.1 Å². The van der Waals surface area contributed by atoms with Crippen molar-refractivity contribution in [3.63, 3.8) is 0 Å². The van der Waals surface area contributed by atoms with E-state index in [1.165, 1.54) is 5.56 Å². The zero-order valence-corrected chi connectivity index (χ0v) is 16.8. The number of fused-ring (bicyclic) bond motifs is 3. The van der Waals surface area contributed by atoms with Crippen molar-refractivity contribution in [3.8, 4) is 22.8 Å². The normalized spacial score (nSPS) is 11.4. The van der Waals surface area contributed by atoms with Crippen molar-refractivity contribution in [1.82, 2.24) is 24.1 Å². The number of rotatable bonds is 3. The van der Waals surface area contributed by atoms with E-state index in [9.17, 15) is 0 Å². The molecular formula is C23H21N5O. The van der Waals surface area contributed by atoms with Gasteiger partial charge in [-0.25, -0.2) is 14.5 Å². The largest absolute Gasteiger partial charge is 0.496 e. The van der Waals surface area contributed by atoms with Crippen LogP contribution < -0.4 is 4.74 Å². The minimum Gasteiger partial charge on any atom is -0.496 e. The lowest BCUT2D eigenvalue weighted by atomic mass is 10.2. The summed E-state index contributed by atoms with van der Waals surface area (Å²) in [5, 5.41) is 5.67. The number of para-hydroxylation sites is 1. The van der Waals surface area contributed by atoms with Gasteiger partial charge in [0.25, 0.3) is 0 Å². The first-order chi connectivity index (χ1) is 14.1. The summed E-state index contributed by atoms with van der Waals surface area (Å²) in [5.41, 5.74) is 7.15. The summed E-state index contributed by atoms with van der Waals surface area (Å²) in [6, 6.07) is 16.3. The second kappa shape index (κ2) is 6.44. The number of methoxy groups -OCH3 is 1. The average Bonchev–Trinajstić information content (AvgIpc) is 3.28. The van der Waals surface area contributed by atoms with Gasteiger partial charge < -0.3 is 4.74 Å². The molecule has 0 amide bonds. The van der Waals surface area contributed by atoms with E-state index in [0.29, 0.717) is 5.82 Å². The van der Waals surface area contributed by atoms with Gasteiger partial charge in [-0.15, -0.1) is 5.10 Å². The third-order valence-corrected chi connectivity index (χ3v) is 5.47. The topological polar surface area (TPSA) is 57.2 Å². The molecule has 0 aliphatic carbocycles. The molecule has 3 aromatic heterocycles. The Balaban J connectivity index is 1.79. The molecule has 6 heteroatoms. The zero-order chi connectivity index (χ0) is 20.1. The molecule has 5 aromatic rings. The molecule has 0 unspecified atom stereocenters. The summed E-state index contributed by atoms with van der Waals surface area (Å²) >= 11 is 0. The summed E-state index contributed by atoms with van der Waals surface area (Å²) in [5.74, 6) is 1.37. The van der Waals surface area contributed by atoms with E-state index < -0.39 is 0 Å². The summed E-state index contributed by atoms with van der Waals surface area (Å²) in [6.07, 6.45) is 1.73. The summed E-state index contributed by atoms with van der Waals surface area (Å²) in [4.78, 5) is 9.59. The number of benzene rings is 2. The molecule has 0 bridgehead atoms. The predicted octanol–water partition coefficient (Wildman–Crippen LogP) is 4.67. The van der Waals surface area contributed by atoms with Crippen LogP contribution in [0.4, 0.5) is 0 Å². The standard InChI is InChI=1S/C23H21N5O/c1-14-9-11-17(12-10-14)28-16(3)15(2)20-22(28)24-13-27-23(20)25-21(26-27)18-7-5-6-8-19(18)29-4/h5-13H,1-4H3. The van der Waals surface area contributed by atoms with Gasteiger partial charge in [0.2, 0.25) is 0 Å². The Labute approximate surface area is 168 Å². The van der Waals surface area contributed by atoms with Crippen LogP contribution in [0.25, 0.3) is 33.8 Å². The van der Waals surface area contributed by atoms with E-state index in [0.717, 1.165) is 44.9 Å². The molecule has 0 aliphatic heterocycles. The van der Waals surface area contributed by atoms with Gasteiger partial charge in [-0.1, -0.05) is 29.8 Å². The van der Waals surface area contributed by atoms with Gasteiger partial charge in [0, 0.05) is 11.4 Å². The van der Waals surface area contributed by atoms with Crippen LogP contribution in [0.15, 0.2) is 54.9 Å². The molecule has 0 spiro atoms. The smallest absolute Gasteiger partial charge is 0.185 e. The maximum Gasteiger partial charge on any atom is 0.185 e. The van der Waals surface area contributed by atoms with Crippen molar-refractivity contribution in [3.05, 3.63) is 71.7 Å². The van der Waals surface area contributed by atoms with Gasteiger partial charge in [-0.3, -0.25) is 4.57 Å². The van der Waals surface area contributed by atoms with Gasteiger partial charge in [-0.05, 0) is 50.6 Å². The Morgan fingerprint density at radius 2 is 1.66 bits per heavy atom. The first-order valence-corrected chi connectivity index (χ1v) is 9.52.